The monoisotopic (exact) mass is 169 g/mol. The first-order valence-corrected chi connectivity index (χ1v) is 3.25. The second-order valence-electron chi connectivity index (χ2n) is 2.08. The Labute approximate surface area is 68.3 Å². The zero-order valence-electron chi connectivity index (χ0n) is 6.14. The summed E-state index contributed by atoms with van der Waals surface area (Å²) in [6.45, 7) is -0.274. The Balaban J connectivity index is 2.89. The number of hydrogen-bond donors (Lipinski definition) is 1. The van der Waals surface area contributed by atoms with Crippen LogP contribution in [0.5, 0.6) is 5.75 Å². The van der Waals surface area contributed by atoms with Crippen molar-refractivity contribution in [1.29, 1.82) is 0 Å². The second kappa shape index (κ2) is 3.68. The summed E-state index contributed by atoms with van der Waals surface area (Å²) in [5.41, 5.74) is 0.397. The van der Waals surface area contributed by atoms with Crippen LogP contribution in [-0.2, 0) is 6.61 Å². The lowest BCUT2D eigenvalue weighted by Gasteiger charge is -2.02. The van der Waals surface area contributed by atoms with Crippen LogP contribution in [0.15, 0.2) is 24.3 Å². The molecule has 0 saturated heterocycles. The molecule has 0 bridgehead atoms. The molecule has 0 spiro atoms. The number of aliphatic hydroxyl groups excluding tert-OH is 1. The quantitative estimate of drug-likeness (QED) is 0.535. The first-order chi connectivity index (χ1) is 5.74. The largest absolute Gasteiger partial charge is 0.392 e. The molecule has 0 aliphatic heterocycles. The molecule has 0 heterocycles. The van der Waals surface area contributed by atoms with Gasteiger partial charge < -0.3 is 5.11 Å². The van der Waals surface area contributed by atoms with Gasteiger partial charge in [0.2, 0.25) is 0 Å². The van der Waals surface area contributed by atoms with Gasteiger partial charge in [-0.3, -0.25) is 4.84 Å². The third-order valence-corrected chi connectivity index (χ3v) is 1.32. The summed E-state index contributed by atoms with van der Waals surface area (Å²) in [5, 5.41) is 17.8. The molecule has 12 heavy (non-hydrogen) atoms. The number of nitrogens with zero attached hydrogens (tertiary/aromatic N) is 1. The molecule has 1 N–H and O–H groups in total. The van der Waals surface area contributed by atoms with Gasteiger partial charge in [0.15, 0.2) is 0 Å². The maximum Gasteiger partial charge on any atom is 0.299 e. The van der Waals surface area contributed by atoms with Gasteiger partial charge in [-0.05, 0) is 6.07 Å². The molecular formula is C7H7NO4. The van der Waals surface area contributed by atoms with Crippen molar-refractivity contribution in [2.24, 2.45) is 0 Å². The van der Waals surface area contributed by atoms with Crippen molar-refractivity contribution in [2.75, 3.05) is 0 Å². The highest BCUT2D eigenvalue weighted by Crippen LogP contribution is 2.17. The summed E-state index contributed by atoms with van der Waals surface area (Å²) >= 11 is 0. The third-order valence-electron chi connectivity index (χ3n) is 1.32. The van der Waals surface area contributed by atoms with Gasteiger partial charge in [0.1, 0.15) is 5.75 Å². The molecule has 0 amide bonds. The van der Waals surface area contributed by atoms with E-state index in [0.29, 0.717) is 5.56 Å². The van der Waals surface area contributed by atoms with Gasteiger partial charge in [-0.15, -0.1) is 10.1 Å². The average Bonchev–Trinajstić information content (AvgIpc) is 2.04. The van der Waals surface area contributed by atoms with E-state index in [1.54, 1.807) is 18.2 Å². The smallest absolute Gasteiger partial charge is 0.299 e. The maximum atomic E-state index is 9.94. The normalized spacial score (nSPS) is 9.42. The summed E-state index contributed by atoms with van der Waals surface area (Å²) in [6.07, 6.45) is 0. The average molecular weight is 169 g/mol. The highest BCUT2D eigenvalue weighted by atomic mass is 17.0. The van der Waals surface area contributed by atoms with E-state index in [2.05, 4.69) is 4.84 Å². The van der Waals surface area contributed by atoms with E-state index in [4.69, 9.17) is 5.11 Å². The van der Waals surface area contributed by atoms with E-state index in [1.165, 1.54) is 6.07 Å². The van der Waals surface area contributed by atoms with Crippen molar-refractivity contribution in [2.45, 2.75) is 6.61 Å². The van der Waals surface area contributed by atoms with Crippen LogP contribution in [0, 0.1) is 10.1 Å². The highest BCUT2D eigenvalue weighted by molar-refractivity contribution is 5.31. The second-order valence-corrected chi connectivity index (χ2v) is 2.08. The lowest BCUT2D eigenvalue weighted by Crippen LogP contribution is -2.05. The van der Waals surface area contributed by atoms with Gasteiger partial charge in [0, 0.05) is 5.56 Å². The lowest BCUT2D eigenvalue weighted by molar-refractivity contribution is -0.711. The van der Waals surface area contributed by atoms with Gasteiger partial charge in [-0.2, -0.15) is 0 Å². The lowest BCUT2D eigenvalue weighted by atomic mass is 10.2. The third kappa shape index (κ3) is 1.93. The summed E-state index contributed by atoms with van der Waals surface area (Å²) < 4.78 is 0. The Morgan fingerprint density at radius 3 is 2.75 bits per heavy atom. The molecular weight excluding hydrogens is 162 g/mol. The minimum atomic E-state index is -0.908. The van der Waals surface area contributed by atoms with Gasteiger partial charge in [-0.1, -0.05) is 18.2 Å². The Morgan fingerprint density at radius 2 is 2.17 bits per heavy atom. The fraction of sp³-hybridized carbons (Fsp3) is 0.143. The zero-order valence-corrected chi connectivity index (χ0v) is 6.14. The molecule has 0 fully saturated rings. The van der Waals surface area contributed by atoms with Gasteiger partial charge in [0.25, 0.3) is 5.09 Å². The van der Waals surface area contributed by atoms with E-state index in [9.17, 15) is 10.1 Å². The molecule has 0 saturated carbocycles. The van der Waals surface area contributed by atoms with Crippen molar-refractivity contribution in [1.82, 2.24) is 0 Å². The molecule has 1 aromatic carbocycles. The van der Waals surface area contributed by atoms with Crippen LogP contribution in [0.3, 0.4) is 0 Å². The fourth-order valence-corrected chi connectivity index (χ4v) is 0.804. The molecule has 5 heteroatoms. The molecule has 0 atom stereocenters. The van der Waals surface area contributed by atoms with Crippen molar-refractivity contribution in [3.63, 3.8) is 0 Å². The molecule has 64 valence electrons. The highest BCUT2D eigenvalue weighted by Gasteiger charge is 2.03. The zero-order chi connectivity index (χ0) is 8.97. The van der Waals surface area contributed by atoms with Crippen molar-refractivity contribution in [3.8, 4) is 5.75 Å². The molecule has 0 aromatic heterocycles. The molecule has 0 unspecified atom stereocenters. The number of aliphatic hydroxyl groups is 1. The molecule has 1 rings (SSSR count). The first kappa shape index (κ1) is 8.48. The molecule has 5 nitrogen and oxygen atoms in total. The Hall–Kier alpha value is -1.62. The maximum absolute atomic E-state index is 9.94. The Morgan fingerprint density at radius 1 is 1.50 bits per heavy atom. The molecule has 0 aliphatic carbocycles. The van der Waals surface area contributed by atoms with Gasteiger partial charge in [0.05, 0.1) is 6.61 Å². The molecule has 1 aromatic rings. The van der Waals surface area contributed by atoms with Crippen molar-refractivity contribution >= 4 is 0 Å². The van der Waals surface area contributed by atoms with Crippen molar-refractivity contribution < 1.29 is 15.0 Å². The van der Waals surface area contributed by atoms with Crippen LogP contribution in [-0.4, -0.2) is 10.2 Å². The number of rotatable bonds is 3. The predicted octanol–water partition coefficient (Wildman–Crippen LogP) is 0.749. The van der Waals surface area contributed by atoms with Crippen LogP contribution in [0.4, 0.5) is 0 Å². The van der Waals surface area contributed by atoms with Gasteiger partial charge in [-0.25, -0.2) is 0 Å². The Bertz CT molecular complexity index is 286. The Kier molecular flexibility index (Phi) is 2.60. The van der Waals surface area contributed by atoms with Crippen LogP contribution in [0.1, 0.15) is 5.56 Å². The van der Waals surface area contributed by atoms with E-state index < -0.39 is 5.09 Å². The fourth-order valence-electron chi connectivity index (χ4n) is 0.804. The summed E-state index contributed by atoms with van der Waals surface area (Å²) in [7, 11) is 0. The summed E-state index contributed by atoms with van der Waals surface area (Å²) in [4.78, 5) is 14.1. The minimum absolute atomic E-state index is 0.0741. The number of para-hydroxylation sites is 1. The van der Waals surface area contributed by atoms with E-state index in [1.807, 2.05) is 0 Å². The number of hydrogen-bond acceptors (Lipinski definition) is 4. The summed E-state index contributed by atoms with van der Waals surface area (Å²) in [6, 6.07) is 6.24. The van der Waals surface area contributed by atoms with Crippen LogP contribution in [0.25, 0.3) is 0 Å². The van der Waals surface area contributed by atoms with Gasteiger partial charge >= 0.3 is 0 Å². The SMILES string of the molecule is O=[N+]([O-])Oc1ccccc1CO. The molecule has 0 radical (unpaired) electrons. The topological polar surface area (TPSA) is 72.6 Å². The van der Waals surface area contributed by atoms with E-state index in [-0.39, 0.29) is 12.4 Å². The minimum Gasteiger partial charge on any atom is -0.392 e. The predicted molar refractivity (Wildman–Crippen MR) is 40.0 cm³/mol. The van der Waals surface area contributed by atoms with Crippen LogP contribution in [0.2, 0.25) is 0 Å². The molecule has 0 aliphatic rings. The summed E-state index contributed by atoms with van der Waals surface area (Å²) in [5.74, 6) is 0.0741. The first-order valence-electron chi connectivity index (χ1n) is 3.25. The van der Waals surface area contributed by atoms with Crippen molar-refractivity contribution in [3.05, 3.63) is 39.9 Å². The van der Waals surface area contributed by atoms with Crippen LogP contribution < -0.4 is 4.84 Å². The van der Waals surface area contributed by atoms with Crippen LogP contribution >= 0.6 is 0 Å². The number of benzene rings is 1. The van der Waals surface area contributed by atoms with E-state index >= 15 is 0 Å². The standard InChI is InChI=1S/C7H7NO4/c9-5-6-3-1-2-4-7(6)12-8(10)11/h1-4,9H,5H2. The van der Waals surface area contributed by atoms with E-state index in [0.717, 1.165) is 0 Å².